The average molecular weight is 989 g/mol. The molecule has 0 saturated carbocycles. The van der Waals surface area contributed by atoms with Crippen molar-refractivity contribution in [3.05, 3.63) is 262 Å². The molecule has 12 rings (SSSR count). The van der Waals surface area contributed by atoms with Crippen LogP contribution in [0.3, 0.4) is 0 Å². The summed E-state index contributed by atoms with van der Waals surface area (Å²) in [6, 6.07) is 70.9. The van der Waals surface area contributed by atoms with Crippen molar-refractivity contribution in [1.29, 1.82) is 0 Å². The Balaban J connectivity index is 1.10. The number of anilines is 6. The van der Waals surface area contributed by atoms with E-state index in [2.05, 4.69) is 223 Å². The van der Waals surface area contributed by atoms with Crippen LogP contribution in [-0.2, 0) is 0 Å². The van der Waals surface area contributed by atoms with E-state index in [1.165, 1.54) is 0 Å². The minimum absolute atomic E-state index is 0.300. The SMILES string of the molecule is Cc1ccc(-c2ccc(N(c3ccccc3)c3ccc4ccc5c(N(c6ccccc6)c6ccc(-c7ccc(C)cc7C)c(-c7ccc(C)cc7C)c6F)ccc6ccc3c4c65)c(F)c2-c2ccc(C)cc2C)c(C)c1. The van der Waals surface area contributed by atoms with Crippen LogP contribution in [-0.4, -0.2) is 0 Å². The molecule has 0 unspecified atom stereocenters. The van der Waals surface area contributed by atoms with E-state index in [1.807, 2.05) is 48.5 Å². The molecule has 0 radical (unpaired) electrons. The van der Waals surface area contributed by atoms with Gasteiger partial charge in [0.25, 0.3) is 0 Å². The second-order valence-corrected chi connectivity index (χ2v) is 20.8. The van der Waals surface area contributed by atoms with Crippen molar-refractivity contribution in [3.8, 4) is 44.5 Å². The predicted molar refractivity (Wildman–Crippen MR) is 319 cm³/mol. The van der Waals surface area contributed by atoms with Gasteiger partial charge >= 0.3 is 0 Å². The van der Waals surface area contributed by atoms with E-state index in [1.54, 1.807) is 0 Å². The first kappa shape index (κ1) is 48.1. The van der Waals surface area contributed by atoms with Gasteiger partial charge in [0.15, 0.2) is 11.6 Å². The van der Waals surface area contributed by atoms with E-state index in [9.17, 15) is 0 Å². The number of rotatable bonds is 10. The summed E-state index contributed by atoms with van der Waals surface area (Å²) >= 11 is 0. The van der Waals surface area contributed by atoms with Crippen LogP contribution >= 0.6 is 0 Å². The second kappa shape index (κ2) is 19.1. The summed E-state index contributed by atoms with van der Waals surface area (Å²) in [5, 5.41) is 6.13. The number of para-hydroxylation sites is 2. The Bertz CT molecular complexity index is 3960. The van der Waals surface area contributed by atoms with Crippen LogP contribution in [0, 0.1) is 67.0 Å². The fraction of sp³-hybridized carbons (Fsp3) is 0.111. The molecule has 0 N–H and O–H groups in total. The van der Waals surface area contributed by atoms with Crippen molar-refractivity contribution in [2.75, 3.05) is 9.80 Å². The lowest BCUT2D eigenvalue weighted by molar-refractivity contribution is 0.632. The first-order valence-electron chi connectivity index (χ1n) is 26.2. The zero-order chi connectivity index (χ0) is 52.5. The molecule has 2 nitrogen and oxygen atoms in total. The van der Waals surface area contributed by atoms with E-state index in [4.69, 9.17) is 0 Å². The van der Waals surface area contributed by atoms with E-state index >= 15 is 8.78 Å². The molecule has 0 spiro atoms. The highest BCUT2D eigenvalue weighted by Crippen LogP contribution is 2.51. The highest BCUT2D eigenvalue weighted by molar-refractivity contribution is 6.28. The molecule has 4 heteroatoms. The van der Waals surface area contributed by atoms with Gasteiger partial charge in [0, 0.05) is 33.3 Å². The van der Waals surface area contributed by atoms with Crippen LogP contribution in [0.4, 0.5) is 42.9 Å². The van der Waals surface area contributed by atoms with Crippen LogP contribution in [0.25, 0.3) is 76.8 Å². The van der Waals surface area contributed by atoms with Crippen molar-refractivity contribution in [2.24, 2.45) is 0 Å². The summed E-state index contributed by atoms with van der Waals surface area (Å²) in [7, 11) is 0. The molecule has 12 aromatic rings. The van der Waals surface area contributed by atoms with Crippen molar-refractivity contribution in [1.82, 2.24) is 0 Å². The van der Waals surface area contributed by atoms with Gasteiger partial charge in [-0.3, -0.25) is 0 Å². The van der Waals surface area contributed by atoms with Crippen LogP contribution in [0.2, 0.25) is 0 Å². The minimum atomic E-state index is -0.300. The first-order valence-corrected chi connectivity index (χ1v) is 26.2. The molecule has 0 saturated heterocycles. The molecule has 0 atom stereocenters. The van der Waals surface area contributed by atoms with Crippen molar-refractivity contribution in [3.63, 3.8) is 0 Å². The molecule has 0 amide bonds. The lowest BCUT2D eigenvalue weighted by Gasteiger charge is -2.31. The number of halogens is 2. The van der Waals surface area contributed by atoms with Gasteiger partial charge in [-0.05, 0) is 181 Å². The van der Waals surface area contributed by atoms with Crippen molar-refractivity contribution in [2.45, 2.75) is 55.4 Å². The summed E-state index contributed by atoms with van der Waals surface area (Å²) < 4.78 is 37.1. The Morgan fingerprint density at radius 2 is 0.579 bits per heavy atom. The van der Waals surface area contributed by atoms with Gasteiger partial charge in [0.1, 0.15) is 0 Å². The fourth-order valence-corrected chi connectivity index (χ4v) is 12.0. The van der Waals surface area contributed by atoms with Gasteiger partial charge in [-0.25, -0.2) is 8.78 Å². The third kappa shape index (κ3) is 8.17. The number of nitrogens with zero attached hydrogens (tertiary/aromatic N) is 2. The van der Waals surface area contributed by atoms with E-state index in [0.29, 0.717) is 22.5 Å². The summed E-state index contributed by atoms with van der Waals surface area (Å²) in [6.07, 6.45) is 0. The molecule has 0 bridgehead atoms. The standard InChI is InChI=1S/C72H58F2N2/c1-43-19-27-55(47(5)39-43)59-33-37-65(71(73)69(59)57-29-21-45(3)41-49(57)7)75(53-15-11-9-12-16-53)63-35-25-51-24-32-62-64(36-26-52-23-31-61(63)67(51)68(52)62)76(54-17-13-10-14-18-54)66-38-34-60(56-28-20-44(2)40-48(56)6)70(72(66)74)58-30-22-46(4)42-50(58)8/h9-42H,1-8H3. The molecular formula is C72H58F2N2. The molecular weight excluding hydrogens is 931 g/mol. The first-order chi connectivity index (χ1) is 36.8. The van der Waals surface area contributed by atoms with E-state index < -0.39 is 0 Å². The zero-order valence-electron chi connectivity index (χ0n) is 44.3. The Morgan fingerprint density at radius 3 is 0.921 bits per heavy atom. The van der Waals surface area contributed by atoms with E-state index in [0.717, 1.165) is 133 Å². The van der Waals surface area contributed by atoms with E-state index in [-0.39, 0.29) is 11.6 Å². The minimum Gasteiger partial charge on any atom is -0.307 e. The Morgan fingerprint density at radius 1 is 0.276 bits per heavy atom. The lowest BCUT2D eigenvalue weighted by atomic mass is 9.87. The van der Waals surface area contributed by atoms with Gasteiger partial charge in [-0.2, -0.15) is 0 Å². The molecule has 76 heavy (non-hydrogen) atoms. The Labute approximate surface area is 445 Å². The quantitative estimate of drug-likeness (QED) is 0.126. The lowest BCUT2D eigenvalue weighted by Crippen LogP contribution is -2.14. The molecule has 12 aromatic carbocycles. The molecule has 0 aliphatic rings. The maximum absolute atomic E-state index is 18.6. The number of hydrogen-bond acceptors (Lipinski definition) is 2. The Hall–Kier alpha value is -8.86. The van der Waals surface area contributed by atoms with Crippen LogP contribution in [0.1, 0.15) is 44.5 Å². The molecule has 0 aliphatic carbocycles. The summed E-state index contributed by atoms with van der Waals surface area (Å²) in [5.74, 6) is -0.601. The second-order valence-electron chi connectivity index (χ2n) is 20.8. The van der Waals surface area contributed by atoms with Gasteiger partial charge in [0.05, 0.1) is 22.7 Å². The summed E-state index contributed by atoms with van der Waals surface area (Å²) in [4.78, 5) is 4.16. The number of benzene rings is 12. The van der Waals surface area contributed by atoms with Gasteiger partial charge in [-0.15, -0.1) is 0 Å². The number of hydrogen-bond donors (Lipinski definition) is 0. The largest absolute Gasteiger partial charge is 0.307 e. The summed E-state index contributed by atoms with van der Waals surface area (Å²) in [5.41, 5.74) is 19.6. The fourth-order valence-electron chi connectivity index (χ4n) is 12.0. The van der Waals surface area contributed by atoms with Gasteiger partial charge in [-0.1, -0.05) is 180 Å². The smallest absolute Gasteiger partial charge is 0.155 e. The molecule has 0 aromatic heterocycles. The van der Waals surface area contributed by atoms with Crippen LogP contribution in [0.5, 0.6) is 0 Å². The monoisotopic (exact) mass is 988 g/mol. The highest BCUT2D eigenvalue weighted by Gasteiger charge is 2.29. The third-order valence-corrected chi connectivity index (χ3v) is 15.5. The number of aryl methyl sites for hydroxylation is 8. The maximum atomic E-state index is 18.6. The summed E-state index contributed by atoms with van der Waals surface area (Å²) in [6.45, 7) is 16.7. The van der Waals surface area contributed by atoms with Crippen molar-refractivity contribution < 1.29 is 8.78 Å². The third-order valence-electron chi connectivity index (χ3n) is 15.5. The zero-order valence-corrected chi connectivity index (χ0v) is 44.3. The van der Waals surface area contributed by atoms with Crippen LogP contribution in [0.15, 0.2) is 206 Å². The molecule has 370 valence electrons. The molecule has 0 heterocycles. The predicted octanol–water partition coefficient (Wildman–Crippen LogP) is 20.9. The topological polar surface area (TPSA) is 6.48 Å². The van der Waals surface area contributed by atoms with Crippen LogP contribution < -0.4 is 9.80 Å². The maximum Gasteiger partial charge on any atom is 0.155 e. The normalized spacial score (nSPS) is 11.6. The highest BCUT2D eigenvalue weighted by atomic mass is 19.1. The molecule has 0 fully saturated rings. The van der Waals surface area contributed by atoms with Gasteiger partial charge in [0.2, 0.25) is 0 Å². The molecule has 0 aliphatic heterocycles. The Kier molecular flexibility index (Phi) is 12.1. The van der Waals surface area contributed by atoms with Gasteiger partial charge < -0.3 is 9.80 Å². The van der Waals surface area contributed by atoms with Crippen molar-refractivity contribution >= 4 is 66.4 Å². The average Bonchev–Trinajstić information content (AvgIpc) is 3.45.